The van der Waals surface area contributed by atoms with Crippen molar-refractivity contribution >= 4 is 5.97 Å². The number of carboxylic acid groups (broad SMARTS) is 1. The zero-order valence-electron chi connectivity index (χ0n) is 12.7. The van der Waals surface area contributed by atoms with E-state index in [0.29, 0.717) is 5.92 Å². The second-order valence-electron chi connectivity index (χ2n) is 7.15. The lowest BCUT2D eigenvalue weighted by molar-refractivity contribution is -0.146. The van der Waals surface area contributed by atoms with Crippen molar-refractivity contribution in [1.29, 1.82) is 0 Å². The van der Waals surface area contributed by atoms with E-state index in [1.807, 2.05) is 18.3 Å². The monoisotopic (exact) mass is 275 g/mol. The molecule has 2 rings (SSSR count). The molecule has 110 valence electrons. The number of pyridine rings is 1. The summed E-state index contributed by atoms with van der Waals surface area (Å²) in [6.45, 7) is 6.79. The molecule has 1 fully saturated rings. The van der Waals surface area contributed by atoms with E-state index in [1.54, 1.807) is 6.20 Å². The minimum Gasteiger partial charge on any atom is -0.481 e. The smallest absolute Gasteiger partial charge is 0.306 e. The van der Waals surface area contributed by atoms with Gasteiger partial charge in [0.15, 0.2) is 0 Å². The van der Waals surface area contributed by atoms with Crippen LogP contribution < -0.4 is 0 Å². The fourth-order valence-corrected chi connectivity index (χ4v) is 3.42. The minimum atomic E-state index is -0.633. The summed E-state index contributed by atoms with van der Waals surface area (Å²) in [5.74, 6) is 0.00880. The van der Waals surface area contributed by atoms with Crippen molar-refractivity contribution in [3.63, 3.8) is 0 Å². The van der Waals surface area contributed by atoms with E-state index in [9.17, 15) is 9.90 Å². The van der Waals surface area contributed by atoms with Gasteiger partial charge >= 0.3 is 5.97 Å². The van der Waals surface area contributed by atoms with Crippen LogP contribution in [-0.2, 0) is 11.2 Å². The van der Waals surface area contributed by atoms with Gasteiger partial charge in [-0.1, -0.05) is 26.8 Å². The van der Waals surface area contributed by atoms with Crippen LogP contribution in [0.2, 0.25) is 0 Å². The molecule has 1 N–H and O–H groups in total. The molecule has 3 nitrogen and oxygen atoms in total. The Bertz CT molecular complexity index is 450. The Morgan fingerprint density at radius 3 is 2.70 bits per heavy atom. The van der Waals surface area contributed by atoms with E-state index in [4.69, 9.17) is 0 Å². The summed E-state index contributed by atoms with van der Waals surface area (Å²) in [5.41, 5.74) is 1.41. The van der Waals surface area contributed by atoms with Crippen LogP contribution in [-0.4, -0.2) is 16.1 Å². The van der Waals surface area contributed by atoms with Crippen LogP contribution in [0.1, 0.15) is 45.6 Å². The molecular formula is C17H25NO2. The molecule has 0 aliphatic heterocycles. The zero-order valence-corrected chi connectivity index (χ0v) is 12.7. The molecule has 1 heterocycles. The average Bonchev–Trinajstić information content (AvgIpc) is 2.38. The quantitative estimate of drug-likeness (QED) is 0.913. The van der Waals surface area contributed by atoms with E-state index in [1.165, 1.54) is 0 Å². The summed E-state index contributed by atoms with van der Waals surface area (Å²) in [7, 11) is 0. The van der Waals surface area contributed by atoms with Crippen molar-refractivity contribution in [1.82, 2.24) is 4.98 Å². The van der Waals surface area contributed by atoms with Gasteiger partial charge in [0, 0.05) is 12.4 Å². The van der Waals surface area contributed by atoms with Gasteiger partial charge in [0.05, 0.1) is 5.92 Å². The van der Waals surface area contributed by atoms with E-state index >= 15 is 0 Å². The Hall–Kier alpha value is -1.38. The number of hydrogen-bond acceptors (Lipinski definition) is 2. The Morgan fingerprint density at radius 2 is 2.15 bits per heavy atom. The number of hydrogen-bond donors (Lipinski definition) is 1. The molecule has 1 aromatic heterocycles. The highest BCUT2D eigenvalue weighted by Gasteiger charge is 2.38. The first-order valence-corrected chi connectivity index (χ1v) is 7.49. The molecule has 3 unspecified atom stereocenters. The van der Waals surface area contributed by atoms with Crippen molar-refractivity contribution in [2.24, 2.45) is 23.2 Å². The number of aromatic nitrogens is 1. The van der Waals surface area contributed by atoms with Crippen LogP contribution in [0.25, 0.3) is 0 Å². The van der Waals surface area contributed by atoms with Crippen LogP contribution in [0.15, 0.2) is 24.5 Å². The molecule has 0 bridgehead atoms. The maximum absolute atomic E-state index is 11.5. The van der Waals surface area contributed by atoms with Crippen LogP contribution in [0.5, 0.6) is 0 Å². The molecule has 3 heteroatoms. The van der Waals surface area contributed by atoms with Crippen molar-refractivity contribution < 1.29 is 9.90 Å². The van der Waals surface area contributed by atoms with Gasteiger partial charge in [-0.25, -0.2) is 0 Å². The van der Waals surface area contributed by atoms with Crippen LogP contribution in [0.3, 0.4) is 0 Å². The molecule has 1 aliphatic carbocycles. The highest BCUT2D eigenvalue weighted by molar-refractivity contribution is 5.70. The SMILES string of the molecule is CC(C)(C)C1CCC(C(=O)O)C(Cc2cccnc2)C1. The molecule has 1 aliphatic rings. The summed E-state index contributed by atoms with van der Waals surface area (Å²) in [4.78, 5) is 15.6. The summed E-state index contributed by atoms with van der Waals surface area (Å²) in [6.07, 6.45) is 7.30. The summed E-state index contributed by atoms with van der Waals surface area (Å²) >= 11 is 0. The highest BCUT2D eigenvalue weighted by atomic mass is 16.4. The molecule has 3 atom stereocenters. The number of rotatable bonds is 3. The Balaban J connectivity index is 2.13. The number of carboxylic acids is 1. The molecule has 0 amide bonds. The summed E-state index contributed by atoms with van der Waals surface area (Å²) in [6, 6.07) is 3.97. The molecular weight excluding hydrogens is 250 g/mol. The minimum absolute atomic E-state index is 0.200. The van der Waals surface area contributed by atoms with Gasteiger partial charge in [0.1, 0.15) is 0 Å². The predicted molar refractivity (Wildman–Crippen MR) is 79.4 cm³/mol. The van der Waals surface area contributed by atoms with Gasteiger partial charge in [0.2, 0.25) is 0 Å². The first kappa shape index (κ1) is 15.0. The first-order valence-electron chi connectivity index (χ1n) is 7.49. The second kappa shape index (κ2) is 5.94. The van der Waals surface area contributed by atoms with Crippen molar-refractivity contribution in [3.05, 3.63) is 30.1 Å². The van der Waals surface area contributed by atoms with Gasteiger partial charge in [-0.3, -0.25) is 9.78 Å². The number of carbonyl (C=O) groups is 1. The fourth-order valence-electron chi connectivity index (χ4n) is 3.42. The third-order valence-electron chi connectivity index (χ3n) is 4.75. The predicted octanol–water partition coefficient (Wildman–Crippen LogP) is 3.79. The second-order valence-corrected chi connectivity index (χ2v) is 7.15. The maximum atomic E-state index is 11.5. The lowest BCUT2D eigenvalue weighted by Gasteiger charge is -2.40. The molecule has 0 spiro atoms. The third-order valence-corrected chi connectivity index (χ3v) is 4.75. The maximum Gasteiger partial charge on any atom is 0.306 e. The van der Waals surface area contributed by atoms with Crippen LogP contribution in [0.4, 0.5) is 0 Å². The van der Waals surface area contributed by atoms with Gasteiger partial charge < -0.3 is 5.11 Å². The zero-order chi connectivity index (χ0) is 14.8. The lowest BCUT2D eigenvalue weighted by atomic mass is 9.64. The largest absolute Gasteiger partial charge is 0.481 e. The van der Waals surface area contributed by atoms with E-state index < -0.39 is 5.97 Å². The van der Waals surface area contributed by atoms with Crippen LogP contribution in [0, 0.1) is 23.2 Å². The first-order chi connectivity index (χ1) is 9.38. The van der Waals surface area contributed by atoms with Crippen molar-refractivity contribution in [2.75, 3.05) is 0 Å². The normalized spacial score (nSPS) is 27.2. The Labute approximate surface area is 121 Å². The topological polar surface area (TPSA) is 50.2 Å². The summed E-state index contributed by atoms with van der Waals surface area (Å²) < 4.78 is 0. The number of aliphatic carboxylic acids is 1. The Kier molecular flexibility index (Phi) is 4.46. The van der Waals surface area contributed by atoms with Gasteiger partial charge in [-0.2, -0.15) is 0 Å². The lowest BCUT2D eigenvalue weighted by Crippen LogP contribution is -2.36. The highest BCUT2D eigenvalue weighted by Crippen LogP contribution is 2.43. The van der Waals surface area contributed by atoms with Crippen molar-refractivity contribution in [2.45, 2.75) is 46.5 Å². The molecule has 1 saturated carbocycles. The van der Waals surface area contributed by atoms with Crippen molar-refractivity contribution in [3.8, 4) is 0 Å². The molecule has 1 aromatic rings. The van der Waals surface area contributed by atoms with Gasteiger partial charge in [-0.05, 0) is 54.6 Å². The molecule has 0 saturated heterocycles. The van der Waals surface area contributed by atoms with Crippen LogP contribution >= 0.6 is 0 Å². The fraction of sp³-hybridized carbons (Fsp3) is 0.647. The number of nitrogens with zero attached hydrogens (tertiary/aromatic N) is 1. The molecule has 20 heavy (non-hydrogen) atoms. The summed E-state index contributed by atoms with van der Waals surface area (Å²) in [5, 5.41) is 9.46. The van der Waals surface area contributed by atoms with E-state index in [0.717, 1.165) is 31.2 Å². The van der Waals surface area contributed by atoms with Gasteiger partial charge in [0.25, 0.3) is 0 Å². The third kappa shape index (κ3) is 3.59. The van der Waals surface area contributed by atoms with E-state index in [2.05, 4.69) is 25.8 Å². The molecule has 0 radical (unpaired) electrons. The standard InChI is InChI=1S/C17H25NO2/c1-17(2,3)14-6-7-15(16(19)20)13(10-14)9-12-5-4-8-18-11-12/h4-5,8,11,13-15H,6-7,9-10H2,1-3H3,(H,19,20). The Morgan fingerprint density at radius 1 is 1.40 bits per heavy atom. The molecule has 0 aromatic carbocycles. The average molecular weight is 275 g/mol. The van der Waals surface area contributed by atoms with Gasteiger partial charge in [-0.15, -0.1) is 0 Å². The van der Waals surface area contributed by atoms with E-state index in [-0.39, 0.29) is 17.3 Å².